The number of amides is 1. The van der Waals surface area contributed by atoms with Gasteiger partial charge < -0.3 is 24.7 Å². The number of aromatic hydroxyl groups is 2. The number of phenols is 2. The number of carbonyl (C=O) groups excluding carboxylic acids is 1. The van der Waals surface area contributed by atoms with Crippen LogP contribution in [-0.2, 0) is 0 Å². The molecule has 1 fully saturated rings. The Morgan fingerprint density at radius 2 is 1.76 bits per heavy atom. The zero-order valence-electron chi connectivity index (χ0n) is 13.8. The van der Waals surface area contributed by atoms with Crippen LogP contribution < -0.4 is 9.64 Å². The molecule has 0 bridgehead atoms. The summed E-state index contributed by atoms with van der Waals surface area (Å²) < 4.78 is 19.4. The smallest absolute Gasteiger partial charge is 0.257 e. The van der Waals surface area contributed by atoms with Gasteiger partial charge in [-0.25, -0.2) is 4.39 Å². The van der Waals surface area contributed by atoms with Gasteiger partial charge in [0.2, 0.25) is 0 Å². The Morgan fingerprint density at radius 3 is 2.44 bits per heavy atom. The van der Waals surface area contributed by atoms with E-state index in [9.17, 15) is 19.4 Å². The first-order valence-electron chi connectivity index (χ1n) is 7.90. The van der Waals surface area contributed by atoms with Crippen LogP contribution in [0.3, 0.4) is 0 Å². The van der Waals surface area contributed by atoms with Crippen molar-refractivity contribution in [1.29, 1.82) is 0 Å². The predicted molar refractivity (Wildman–Crippen MR) is 90.8 cm³/mol. The van der Waals surface area contributed by atoms with Gasteiger partial charge in [0, 0.05) is 26.2 Å². The zero-order valence-corrected chi connectivity index (χ0v) is 13.8. The van der Waals surface area contributed by atoms with Gasteiger partial charge in [-0.05, 0) is 24.3 Å². The molecule has 1 aliphatic heterocycles. The van der Waals surface area contributed by atoms with Crippen molar-refractivity contribution in [3.63, 3.8) is 0 Å². The number of carbonyl (C=O) groups is 1. The first-order chi connectivity index (χ1) is 12.0. The number of piperazine rings is 1. The lowest BCUT2D eigenvalue weighted by Gasteiger charge is -2.36. The molecule has 2 N–H and O–H groups in total. The van der Waals surface area contributed by atoms with Gasteiger partial charge in [-0.15, -0.1) is 0 Å². The number of rotatable bonds is 3. The van der Waals surface area contributed by atoms with Crippen molar-refractivity contribution in [3.8, 4) is 17.2 Å². The third-order valence-electron chi connectivity index (χ3n) is 4.30. The number of phenolic OH excluding ortho intramolecular Hbond substituents is 2. The monoisotopic (exact) mass is 346 g/mol. The predicted octanol–water partition coefficient (Wildman–Crippen LogP) is 2.21. The van der Waals surface area contributed by atoms with Crippen LogP contribution in [0, 0.1) is 5.82 Å². The fourth-order valence-electron chi connectivity index (χ4n) is 2.97. The second-order valence-electron chi connectivity index (χ2n) is 5.74. The SMILES string of the molecule is COc1cccc(F)c1N1CCN(C(=O)c2cccc(O)c2O)CC1. The fraction of sp³-hybridized carbons (Fsp3) is 0.278. The van der Waals surface area contributed by atoms with Crippen LogP contribution in [0.2, 0.25) is 0 Å². The molecule has 1 aliphatic rings. The number of anilines is 1. The van der Waals surface area contributed by atoms with Crippen LogP contribution in [0.5, 0.6) is 17.2 Å². The molecule has 2 aromatic carbocycles. The molecule has 0 aliphatic carbocycles. The average molecular weight is 346 g/mol. The van der Waals surface area contributed by atoms with Gasteiger partial charge in [-0.3, -0.25) is 4.79 Å². The van der Waals surface area contributed by atoms with Crippen LogP contribution >= 0.6 is 0 Å². The Morgan fingerprint density at radius 1 is 1.08 bits per heavy atom. The van der Waals surface area contributed by atoms with Gasteiger partial charge in [-0.1, -0.05) is 12.1 Å². The number of methoxy groups -OCH3 is 1. The highest BCUT2D eigenvalue weighted by atomic mass is 19.1. The fourth-order valence-corrected chi connectivity index (χ4v) is 2.97. The summed E-state index contributed by atoms with van der Waals surface area (Å²) in [6, 6.07) is 8.93. The summed E-state index contributed by atoms with van der Waals surface area (Å²) in [5.74, 6) is -1.05. The summed E-state index contributed by atoms with van der Waals surface area (Å²) in [6.45, 7) is 1.60. The van der Waals surface area contributed by atoms with Crippen molar-refractivity contribution in [3.05, 3.63) is 47.8 Å². The lowest BCUT2D eigenvalue weighted by atomic mass is 10.1. The second-order valence-corrected chi connectivity index (χ2v) is 5.74. The molecule has 3 rings (SSSR count). The van der Waals surface area contributed by atoms with E-state index >= 15 is 0 Å². The lowest BCUT2D eigenvalue weighted by molar-refractivity contribution is 0.0743. The van der Waals surface area contributed by atoms with Gasteiger partial charge in [0.25, 0.3) is 5.91 Å². The largest absolute Gasteiger partial charge is 0.504 e. The number of para-hydroxylation sites is 2. The quantitative estimate of drug-likeness (QED) is 0.834. The molecular weight excluding hydrogens is 327 g/mol. The van der Waals surface area contributed by atoms with Gasteiger partial charge in [0.1, 0.15) is 17.3 Å². The van der Waals surface area contributed by atoms with E-state index in [2.05, 4.69) is 0 Å². The Bertz CT molecular complexity index is 789. The highest BCUT2D eigenvalue weighted by Gasteiger charge is 2.27. The lowest BCUT2D eigenvalue weighted by Crippen LogP contribution is -2.49. The third kappa shape index (κ3) is 3.17. The summed E-state index contributed by atoms with van der Waals surface area (Å²) in [5, 5.41) is 19.4. The summed E-state index contributed by atoms with van der Waals surface area (Å²) in [5.41, 5.74) is 0.439. The maximum Gasteiger partial charge on any atom is 0.257 e. The summed E-state index contributed by atoms with van der Waals surface area (Å²) in [6.07, 6.45) is 0. The number of benzene rings is 2. The van der Waals surface area contributed by atoms with Gasteiger partial charge in [0.05, 0.1) is 12.7 Å². The highest BCUT2D eigenvalue weighted by molar-refractivity contribution is 5.97. The molecule has 132 valence electrons. The molecule has 6 nitrogen and oxygen atoms in total. The molecular formula is C18H19FN2O4. The van der Waals surface area contributed by atoms with Crippen molar-refractivity contribution in [1.82, 2.24) is 4.90 Å². The van der Waals surface area contributed by atoms with Crippen molar-refractivity contribution in [2.75, 3.05) is 38.2 Å². The standard InChI is InChI=1S/C18H19FN2O4/c1-25-15-7-3-5-13(19)16(15)20-8-10-21(11-9-20)18(24)12-4-2-6-14(22)17(12)23/h2-7,22-23H,8-11H2,1H3. The van der Waals surface area contributed by atoms with E-state index < -0.39 is 5.75 Å². The van der Waals surface area contributed by atoms with E-state index in [1.165, 1.54) is 31.4 Å². The average Bonchev–Trinajstić information content (AvgIpc) is 2.63. The molecule has 0 radical (unpaired) electrons. The molecule has 1 amide bonds. The van der Waals surface area contributed by atoms with E-state index in [1.54, 1.807) is 17.0 Å². The number of hydrogen-bond acceptors (Lipinski definition) is 5. The number of nitrogens with zero attached hydrogens (tertiary/aromatic N) is 2. The first-order valence-corrected chi connectivity index (χ1v) is 7.90. The van der Waals surface area contributed by atoms with Crippen LogP contribution in [0.15, 0.2) is 36.4 Å². The minimum absolute atomic E-state index is 0.0527. The van der Waals surface area contributed by atoms with Crippen molar-refractivity contribution >= 4 is 11.6 Å². The highest BCUT2D eigenvalue weighted by Crippen LogP contribution is 2.33. The Balaban J connectivity index is 1.74. The molecule has 0 spiro atoms. The zero-order chi connectivity index (χ0) is 18.0. The van der Waals surface area contributed by atoms with E-state index in [0.29, 0.717) is 37.6 Å². The van der Waals surface area contributed by atoms with Crippen LogP contribution in [0.4, 0.5) is 10.1 Å². The molecule has 0 unspecified atom stereocenters. The molecule has 0 atom stereocenters. The van der Waals surface area contributed by atoms with E-state index in [4.69, 9.17) is 4.74 Å². The van der Waals surface area contributed by atoms with E-state index in [1.807, 2.05) is 4.90 Å². The molecule has 0 aromatic heterocycles. The molecule has 1 saturated heterocycles. The minimum Gasteiger partial charge on any atom is -0.504 e. The molecule has 25 heavy (non-hydrogen) atoms. The molecule has 0 saturated carbocycles. The maximum absolute atomic E-state index is 14.2. The van der Waals surface area contributed by atoms with E-state index in [-0.39, 0.29) is 23.0 Å². The Hall–Kier alpha value is -2.96. The van der Waals surface area contributed by atoms with Gasteiger partial charge in [0.15, 0.2) is 11.5 Å². The van der Waals surface area contributed by atoms with E-state index in [0.717, 1.165) is 0 Å². The number of hydrogen-bond donors (Lipinski definition) is 2. The summed E-state index contributed by atoms with van der Waals surface area (Å²) >= 11 is 0. The van der Waals surface area contributed by atoms with Gasteiger partial charge >= 0.3 is 0 Å². The molecule has 1 heterocycles. The van der Waals surface area contributed by atoms with Crippen molar-refractivity contribution in [2.24, 2.45) is 0 Å². The van der Waals surface area contributed by atoms with Crippen molar-refractivity contribution in [2.45, 2.75) is 0 Å². The van der Waals surface area contributed by atoms with Gasteiger partial charge in [-0.2, -0.15) is 0 Å². The van der Waals surface area contributed by atoms with Crippen LogP contribution in [0.1, 0.15) is 10.4 Å². The van der Waals surface area contributed by atoms with Crippen molar-refractivity contribution < 1.29 is 24.1 Å². The minimum atomic E-state index is -0.425. The molecule has 7 heteroatoms. The Kier molecular flexibility index (Phi) is 4.65. The molecule has 2 aromatic rings. The van der Waals surface area contributed by atoms with Crippen LogP contribution in [0.25, 0.3) is 0 Å². The third-order valence-corrected chi connectivity index (χ3v) is 4.30. The normalized spacial score (nSPS) is 14.5. The maximum atomic E-state index is 14.2. The number of ether oxygens (including phenoxy) is 1. The Labute approximate surface area is 144 Å². The summed E-state index contributed by atoms with van der Waals surface area (Å²) in [7, 11) is 1.49. The van der Waals surface area contributed by atoms with Crippen LogP contribution in [-0.4, -0.2) is 54.3 Å². The number of halogens is 1. The second kappa shape index (κ2) is 6.88. The topological polar surface area (TPSA) is 73.2 Å². The first kappa shape index (κ1) is 16.9. The summed E-state index contributed by atoms with van der Waals surface area (Å²) in [4.78, 5) is 15.9.